The van der Waals surface area contributed by atoms with E-state index in [-0.39, 0.29) is 0 Å². The van der Waals surface area contributed by atoms with Gasteiger partial charge in [-0.3, -0.25) is 0 Å². The second kappa shape index (κ2) is 7.28. The minimum atomic E-state index is 0.300. The van der Waals surface area contributed by atoms with Gasteiger partial charge >= 0.3 is 0 Å². The molecule has 148 valence electrons. The topological polar surface area (TPSA) is 77.8 Å². The largest absolute Gasteiger partial charge is 0.338 e. The number of nitrogens with zero attached hydrogens (tertiary/aromatic N) is 4. The molecule has 0 aliphatic carbocycles. The van der Waals surface area contributed by atoms with E-state index >= 15 is 0 Å². The molecule has 6 nitrogen and oxygen atoms in total. The van der Waals surface area contributed by atoms with Gasteiger partial charge in [0.2, 0.25) is 23.4 Å². The summed E-state index contributed by atoms with van der Waals surface area (Å²) >= 11 is 0. The SMILES string of the molecule is Cc1cc(C)c(-c2noc(Cc3nc(-c4c(C)cc(C)cc4C)no3)n2)c(C)c1. The summed E-state index contributed by atoms with van der Waals surface area (Å²) in [5.41, 5.74) is 8.94. The highest BCUT2D eigenvalue weighted by Crippen LogP contribution is 2.28. The molecule has 0 fully saturated rings. The molecule has 0 spiro atoms. The summed E-state index contributed by atoms with van der Waals surface area (Å²) in [7, 11) is 0. The number of aryl methyl sites for hydroxylation is 6. The van der Waals surface area contributed by atoms with Crippen molar-refractivity contribution in [2.24, 2.45) is 0 Å². The first-order chi connectivity index (χ1) is 13.8. The van der Waals surface area contributed by atoms with E-state index in [9.17, 15) is 0 Å². The Morgan fingerprint density at radius 1 is 0.586 bits per heavy atom. The van der Waals surface area contributed by atoms with Crippen LogP contribution < -0.4 is 0 Å². The standard InChI is InChI=1S/C23H24N4O2/c1-12-7-14(3)20(15(4)8-12)22-24-18(28-26-22)11-19-25-23(27-29-19)21-16(5)9-13(2)10-17(21)6/h7-10H,11H2,1-6H3. The van der Waals surface area contributed by atoms with Crippen molar-refractivity contribution in [2.75, 3.05) is 0 Å². The number of benzene rings is 2. The zero-order chi connectivity index (χ0) is 20.7. The highest BCUT2D eigenvalue weighted by molar-refractivity contribution is 5.65. The van der Waals surface area contributed by atoms with Gasteiger partial charge in [-0.25, -0.2) is 0 Å². The molecule has 0 amide bonds. The van der Waals surface area contributed by atoms with Crippen LogP contribution in [0.3, 0.4) is 0 Å². The van der Waals surface area contributed by atoms with E-state index in [1.165, 1.54) is 11.1 Å². The van der Waals surface area contributed by atoms with Gasteiger partial charge in [0.15, 0.2) is 0 Å². The lowest BCUT2D eigenvalue weighted by atomic mass is 9.99. The number of hydrogen-bond donors (Lipinski definition) is 0. The van der Waals surface area contributed by atoms with Crippen molar-refractivity contribution in [1.29, 1.82) is 0 Å². The fraction of sp³-hybridized carbons (Fsp3) is 0.304. The zero-order valence-electron chi connectivity index (χ0n) is 17.6. The lowest BCUT2D eigenvalue weighted by Crippen LogP contribution is -1.94. The summed E-state index contributed by atoms with van der Waals surface area (Å²) in [6.07, 6.45) is 0.300. The molecule has 29 heavy (non-hydrogen) atoms. The normalized spacial score (nSPS) is 11.2. The summed E-state index contributed by atoms with van der Waals surface area (Å²) in [5, 5.41) is 8.32. The minimum absolute atomic E-state index is 0.300. The van der Waals surface area contributed by atoms with Crippen LogP contribution in [-0.2, 0) is 6.42 Å². The van der Waals surface area contributed by atoms with Gasteiger partial charge in [0.05, 0.1) is 0 Å². The maximum absolute atomic E-state index is 5.45. The quantitative estimate of drug-likeness (QED) is 0.476. The van der Waals surface area contributed by atoms with Crippen molar-refractivity contribution in [1.82, 2.24) is 20.3 Å². The first kappa shape index (κ1) is 19.1. The van der Waals surface area contributed by atoms with E-state index in [0.717, 1.165) is 33.4 Å². The fourth-order valence-corrected chi connectivity index (χ4v) is 4.05. The third-order valence-electron chi connectivity index (χ3n) is 5.04. The highest BCUT2D eigenvalue weighted by atomic mass is 16.5. The summed E-state index contributed by atoms with van der Waals surface area (Å²) in [5.74, 6) is 2.07. The molecule has 2 heterocycles. The Kier molecular flexibility index (Phi) is 4.78. The van der Waals surface area contributed by atoms with Crippen LogP contribution in [0.15, 0.2) is 33.3 Å². The Labute approximate surface area is 170 Å². The van der Waals surface area contributed by atoms with Crippen LogP contribution in [0, 0.1) is 41.5 Å². The Bertz CT molecular complexity index is 1060. The summed E-state index contributed by atoms with van der Waals surface area (Å²) in [6, 6.07) is 8.48. The molecule has 2 aromatic heterocycles. The Morgan fingerprint density at radius 3 is 1.28 bits per heavy atom. The van der Waals surface area contributed by atoms with Crippen molar-refractivity contribution in [3.8, 4) is 22.8 Å². The van der Waals surface area contributed by atoms with Gasteiger partial charge in [0, 0.05) is 11.1 Å². The monoisotopic (exact) mass is 388 g/mol. The Balaban J connectivity index is 1.60. The van der Waals surface area contributed by atoms with Crippen LogP contribution in [0.1, 0.15) is 45.2 Å². The van der Waals surface area contributed by atoms with Crippen LogP contribution >= 0.6 is 0 Å². The number of aromatic nitrogens is 4. The average molecular weight is 388 g/mol. The van der Waals surface area contributed by atoms with E-state index in [2.05, 4.69) is 86.1 Å². The van der Waals surface area contributed by atoms with E-state index in [1.807, 2.05) is 0 Å². The van der Waals surface area contributed by atoms with Crippen LogP contribution in [0.2, 0.25) is 0 Å². The predicted molar refractivity (Wildman–Crippen MR) is 111 cm³/mol. The number of rotatable bonds is 4. The smallest absolute Gasteiger partial charge is 0.236 e. The molecule has 4 aromatic rings. The molecule has 4 rings (SSSR count). The van der Waals surface area contributed by atoms with Crippen molar-refractivity contribution < 1.29 is 9.05 Å². The van der Waals surface area contributed by atoms with E-state index in [4.69, 9.17) is 9.05 Å². The van der Waals surface area contributed by atoms with Gasteiger partial charge in [0.1, 0.15) is 6.42 Å². The molecule has 0 N–H and O–H groups in total. The Hall–Kier alpha value is -3.28. The average Bonchev–Trinajstić information content (AvgIpc) is 3.23. The van der Waals surface area contributed by atoms with E-state index in [0.29, 0.717) is 29.9 Å². The summed E-state index contributed by atoms with van der Waals surface area (Å²) in [4.78, 5) is 9.10. The first-order valence-corrected chi connectivity index (χ1v) is 9.63. The van der Waals surface area contributed by atoms with Gasteiger partial charge in [-0.1, -0.05) is 45.7 Å². The molecular formula is C23H24N4O2. The maximum atomic E-state index is 5.45. The molecule has 0 radical (unpaired) electrons. The van der Waals surface area contributed by atoms with Gasteiger partial charge < -0.3 is 9.05 Å². The lowest BCUT2D eigenvalue weighted by molar-refractivity contribution is 0.348. The van der Waals surface area contributed by atoms with Crippen molar-refractivity contribution >= 4 is 0 Å². The second-order valence-corrected chi connectivity index (χ2v) is 7.75. The molecule has 0 bridgehead atoms. The molecule has 0 aliphatic heterocycles. The van der Waals surface area contributed by atoms with Crippen LogP contribution in [0.25, 0.3) is 22.8 Å². The van der Waals surface area contributed by atoms with Crippen molar-refractivity contribution in [3.63, 3.8) is 0 Å². The minimum Gasteiger partial charge on any atom is -0.338 e. The van der Waals surface area contributed by atoms with Crippen molar-refractivity contribution in [2.45, 2.75) is 48.0 Å². The van der Waals surface area contributed by atoms with E-state index < -0.39 is 0 Å². The molecule has 0 saturated heterocycles. The third-order valence-corrected chi connectivity index (χ3v) is 5.04. The molecule has 6 heteroatoms. The molecule has 2 aromatic carbocycles. The zero-order valence-corrected chi connectivity index (χ0v) is 17.6. The first-order valence-electron chi connectivity index (χ1n) is 9.63. The van der Waals surface area contributed by atoms with Gasteiger partial charge in [-0.05, 0) is 63.8 Å². The molecule has 0 atom stereocenters. The molecule has 0 unspecified atom stereocenters. The molecular weight excluding hydrogens is 364 g/mol. The van der Waals surface area contributed by atoms with Gasteiger partial charge in [-0.15, -0.1) is 0 Å². The highest BCUT2D eigenvalue weighted by Gasteiger charge is 2.18. The second-order valence-electron chi connectivity index (χ2n) is 7.75. The van der Waals surface area contributed by atoms with Gasteiger partial charge in [0.25, 0.3) is 0 Å². The summed E-state index contributed by atoms with van der Waals surface area (Å²) < 4.78 is 10.9. The maximum Gasteiger partial charge on any atom is 0.236 e. The fourth-order valence-electron chi connectivity index (χ4n) is 4.05. The third kappa shape index (κ3) is 3.70. The summed E-state index contributed by atoms with van der Waals surface area (Å²) in [6.45, 7) is 12.4. The predicted octanol–water partition coefficient (Wildman–Crippen LogP) is 5.23. The van der Waals surface area contributed by atoms with Gasteiger partial charge in [-0.2, -0.15) is 9.97 Å². The molecule has 0 aliphatic rings. The van der Waals surface area contributed by atoms with Crippen LogP contribution in [-0.4, -0.2) is 20.3 Å². The Morgan fingerprint density at radius 2 is 0.931 bits per heavy atom. The lowest BCUT2D eigenvalue weighted by Gasteiger charge is -2.06. The molecule has 0 saturated carbocycles. The van der Waals surface area contributed by atoms with Crippen molar-refractivity contribution in [3.05, 3.63) is 69.4 Å². The van der Waals surface area contributed by atoms with Crippen LogP contribution in [0.5, 0.6) is 0 Å². The van der Waals surface area contributed by atoms with E-state index in [1.54, 1.807) is 0 Å². The van der Waals surface area contributed by atoms with Crippen LogP contribution in [0.4, 0.5) is 0 Å². The number of hydrogen-bond acceptors (Lipinski definition) is 6.